The third-order valence-corrected chi connectivity index (χ3v) is 3.54. The summed E-state index contributed by atoms with van der Waals surface area (Å²) in [5.74, 6) is 1.12. The van der Waals surface area contributed by atoms with Gasteiger partial charge in [-0.2, -0.15) is 0 Å². The van der Waals surface area contributed by atoms with Crippen LogP contribution in [-0.4, -0.2) is 5.79 Å². The minimum Gasteiger partial charge on any atom is -0.448 e. The monoisotopic (exact) mass is 250 g/mol. The van der Waals surface area contributed by atoms with Crippen molar-refractivity contribution in [2.24, 2.45) is 0 Å². The fourth-order valence-electron chi connectivity index (χ4n) is 2.79. The Hall–Kier alpha value is -2.22. The van der Waals surface area contributed by atoms with Gasteiger partial charge in [0.25, 0.3) is 0 Å². The summed E-state index contributed by atoms with van der Waals surface area (Å²) in [6.45, 7) is 3.88. The van der Waals surface area contributed by atoms with Crippen LogP contribution in [0.5, 0.6) is 11.5 Å². The van der Waals surface area contributed by atoms with Gasteiger partial charge in [0.05, 0.1) is 0 Å². The second kappa shape index (κ2) is 3.41. The van der Waals surface area contributed by atoms with Gasteiger partial charge in [-0.3, -0.25) is 0 Å². The Labute approximate surface area is 111 Å². The lowest BCUT2D eigenvalue weighted by Gasteiger charge is -2.16. The third kappa shape index (κ3) is 1.43. The van der Waals surface area contributed by atoms with E-state index in [0.29, 0.717) is 0 Å². The zero-order chi connectivity index (χ0) is 13.0. The molecule has 3 aromatic carbocycles. The van der Waals surface area contributed by atoms with Crippen LogP contribution in [-0.2, 0) is 0 Å². The Bertz CT molecular complexity index is 736. The molecule has 0 atom stereocenters. The fraction of sp³-hybridized carbons (Fsp3) is 0.176. The molecule has 19 heavy (non-hydrogen) atoms. The Balaban J connectivity index is 2.24. The normalized spacial score (nSPS) is 16.1. The van der Waals surface area contributed by atoms with E-state index >= 15 is 0 Å². The summed E-state index contributed by atoms with van der Waals surface area (Å²) in [6, 6.07) is 16.6. The van der Waals surface area contributed by atoms with Crippen LogP contribution in [0.15, 0.2) is 48.5 Å². The highest BCUT2D eigenvalue weighted by Gasteiger charge is 2.34. The largest absolute Gasteiger partial charge is 0.448 e. The first-order chi connectivity index (χ1) is 9.16. The van der Waals surface area contributed by atoms with Crippen molar-refractivity contribution in [2.75, 3.05) is 0 Å². The molecular weight excluding hydrogens is 236 g/mol. The number of fused-ring (bicyclic) bond motifs is 6. The summed E-state index contributed by atoms with van der Waals surface area (Å²) in [5.41, 5.74) is 0. The van der Waals surface area contributed by atoms with Crippen molar-refractivity contribution < 1.29 is 9.47 Å². The average Bonchev–Trinajstić information content (AvgIpc) is 2.75. The van der Waals surface area contributed by atoms with Crippen molar-refractivity contribution in [2.45, 2.75) is 19.6 Å². The summed E-state index contributed by atoms with van der Waals surface area (Å²) >= 11 is 0. The van der Waals surface area contributed by atoms with Crippen LogP contribution >= 0.6 is 0 Å². The molecular formula is C17H14O2. The quantitative estimate of drug-likeness (QED) is 0.547. The number of ether oxygens (including phenoxy) is 2. The average molecular weight is 250 g/mol. The highest BCUT2D eigenvalue weighted by molar-refractivity contribution is 6.14. The molecule has 0 unspecified atom stereocenters. The Kier molecular flexibility index (Phi) is 1.92. The van der Waals surface area contributed by atoms with Crippen molar-refractivity contribution in [3.8, 4) is 11.5 Å². The maximum Gasteiger partial charge on any atom is 0.246 e. The van der Waals surface area contributed by atoms with E-state index in [2.05, 4.69) is 36.4 Å². The van der Waals surface area contributed by atoms with Crippen LogP contribution in [0.2, 0.25) is 0 Å². The topological polar surface area (TPSA) is 18.5 Å². The second-order valence-electron chi connectivity index (χ2n) is 5.35. The first kappa shape index (κ1) is 10.7. The van der Waals surface area contributed by atoms with Crippen molar-refractivity contribution in [3.63, 3.8) is 0 Å². The zero-order valence-electron chi connectivity index (χ0n) is 10.9. The summed E-state index contributed by atoms with van der Waals surface area (Å²) in [4.78, 5) is 0. The first-order valence-electron chi connectivity index (χ1n) is 6.47. The molecule has 0 amide bonds. The van der Waals surface area contributed by atoms with Gasteiger partial charge < -0.3 is 9.47 Å². The molecule has 2 heteroatoms. The molecule has 0 aliphatic carbocycles. The van der Waals surface area contributed by atoms with Crippen molar-refractivity contribution >= 4 is 21.5 Å². The third-order valence-electron chi connectivity index (χ3n) is 3.54. The Morgan fingerprint density at radius 2 is 1.00 bits per heavy atom. The Morgan fingerprint density at radius 3 is 1.42 bits per heavy atom. The molecule has 0 spiro atoms. The van der Waals surface area contributed by atoms with E-state index in [-0.39, 0.29) is 0 Å². The number of benzene rings is 3. The van der Waals surface area contributed by atoms with Crippen LogP contribution in [0.1, 0.15) is 13.8 Å². The summed E-state index contributed by atoms with van der Waals surface area (Å²) in [7, 11) is 0. The predicted molar refractivity (Wildman–Crippen MR) is 76.8 cm³/mol. The molecule has 0 saturated heterocycles. The summed E-state index contributed by atoms with van der Waals surface area (Å²) in [5, 5.41) is 4.64. The van der Waals surface area contributed by atoms with E-state index in [1.807, 2.05) is 26.0 Å². The van der Waals surface area contributed by atoms with E-state index in [9.17, 15) is 0 Å². The minimum absolute atomic E-state index is 0.602. The van der Waals surface area contributed by atoms with Gasteiger partial charge in [-0.25, -0.2) is 0 Å². The van der Waals surface area contributed by atoms with Crippen molar-refractivity contribution in [1.29, 1.82) is 0 Å². The Morgan fingerprint density at radius 1 is 0.632 bits per heavy atom. The molecule has 94 valence electrons. The van der Waals surface area contributed by atoms with Gasteiger partial charge in [-0.1, -0.05) is 48.5 Å². The van der Waals surface area contributed by atoms with Gasteiger partial charge in [-0.15, -0.1) is 0 Å². The van der Waals surface area contributed by atoms with Crippen LogP contribution in [0.3, 0.4) is 0 Å². The van der Waals surface area contributed by atoms with Gasteiger partial charge in [0.2, 0.25) is 5.79 Å². The van der Waals surface area contributed by atoms with Crippen LogP contribution in [0.4, 0.5) is 0 Å². The van der Waals surface area contributed by atoms with Gasteiger partial charge >= 0.3 is 0 Å². The van der Waals surface area contributed by atoms with Gasteiger partial charge in [0.1, 0.15) is 0 Å². The highest BCUT2D eigenvalue weighted by atomic mass is 16.7. The molecule has 3 aromatic rings. The maximum absolute atomic E-state index is 5.99. The molecule has 0 aromatic heterocycles. The highest BCUT2D eigenvalue weighted by Crippen LogP contribution is 2.49. The lowest BCUT2D eigenvalue weighted by atomic mass is 10.0. The second-order valence-corrected chi connectivity index (χ2v) is 5.35. The molecule has 0 radical (unpaired) electrons. The van der Waals surface area contributed by atoms with Crippen molar-refractivity contribution in [3.05, 3.63) is 48.5 Å². The fourth-order valence-corrected chi connectivity index (χ4v) is 2.79. The number of hydrogen-bond acceptors (Lipinski definition) is 2. The SMILES string of the molecule is CC1(C)Oc2c(c3ccccc3c3ccccc23)O1. The molecule has 0 fully saturated rings. The molecule has 0 bridgehead atoms. The summed E-state index contributed by atoms with van der Waals surface area (Å²) < 4.78 is 12.0. The lowest BCUT2D eigenvalue weighted by Crippen LogP contribution is -2.29. The smallest absolute Gasteiger partial charge is 0.246 e. The van der Waals surface area contributed by atoms with Crippen LogP contribution < -0.4 is 9.47 Å². The van der Waals surface area contributed by atoms with E-state index in [0.717, 1.165) is 22.3 Å². The first-order valence-corrected chi connectivity index (χ1v) is 6.47. The van der Waals surface area contributed by atoms with E-state index in [1.165, 1.54) is 10.8 Å². The van der Waals surface area contributed by atoms with Gasteiger partial charge in [-0.05, 0) is 10.8 Å². The molecule has 0 N–H and O–H groups in total. The molecule has 1 heterocycles. The number of hydrogen-bond donors (Lipinski definition) is 0. The van der Waals surface area contributed by atoms with E-state index in [1.54, 1.807) is 0 Å². The van der Waals surface area contributed by atoms with Crippen LogP contribution in [0, 0.1) is 0 Å². The molecule has 1 aliphatic rings. The summed E-state index contributed by atoms with van der Waals surface area (Å²) in [6.07, 6.45) is 0. The van der Waals surface area contributed by atoms with Crippen molar-refractivity contribution in [1.82, 2.24) is 0 Å². The van der Waals surface area contributed by atoms with E-state index in [4.69, 9.17) is 9.47 Å². The number of rotatable bonds is 0. The minimum atomic E-state index is -0.602. The molecule has 2 nitrogen and oxygen atoms in total. The molecule has 1 aliphatic heterocycles. The lowest BCUT2D eigenvalue weighted by molar-refractivity contribution is -0.0420. The maximum atomic E-state index is 5.99. The standard InChI is InChI=1S/C17H14O2/c1-17(2)18-15-13-9-5-3-7-11(13)12-8-4-6-10-14(12)16(15)19-17/h3-10H,1-2H3. The van der Waals surface area contributed by atoms with Gasteiger partial charge in [0, 0.05) is 24.6 Å². The zero-order valence-corrected chi connectivity index (χ0v) is 10.9. The molecule has 0 saturated carbocycles. The van der Waals surface area contributed by atoms with Gasteiger partial charge in [0.15, 0.2) is 11.5 Å². The van der Waals surface area contributed by atoms with Crippen LogP contribution in [0.25, 0.3) is 21.5 Å². The predicted octanol–water partition coefficient (Wildman–Crippen LogP) is 4.50. The molecule has 4 rings (SSSR count). The van der Waals surface area contributed by atoms with E-state index < -0.39 is 5.79 Å².